The van der Waals surface area contributed by atoms with E-state index >= 15 is 0 Å². The maximum Gasteiger partial charge on any atom is 0.220 e. The lowest BCUT2D eigenvalue weighted by Crippen LogP contribution is -2.32. The van der Waals surface area contributed by atoms with E-state index < -0.39 is 0 Å². The number of hydrogen-bond donors (Lipinski definition) is 2. The fourth-order valence-corrected chi connectivity index (χ4v) is 2.83. The fourth-order valence-electron chi connectivity index (χ4n) is 2.83. The molecule has 25 heavy (non-hydrogen) atoms. The molecule has 0 aliphatic rings. The number of fused-ring (bicyclic) bond motifs is 1. The van der Waals surface area contributed by atoms with Crippen molar-refractivity contribution in [2.45, 2.75) is 32.7 Å². The van der Waals surface area contributed by atoms with Crippen molar-refractivity contribution in [3.8, 4) is 0 Å². The van der Waals surface area contributed by atoms with Crippen LogP contribution in [-0.2, 0) is 11.2 Å². The number of benzene rings is 2. The number of hydrogen-bond acceptors (Lipinski definition) is 2. The Hall–Kier alpha value is -2.69. The van der Waals surface area contributed by atoms with Crippen LogP contribution in [0.25, 0.3) is 11.0 Å². The summed E-state index contributed by atoms with van der Waals surface area (Å²) in [4.78, 5) is 20.3. The summed E-state index contributed by atoms with van der Waals surface area (Å²) in [5.74, 6) is 0.670. The number of nitrogens with zero attached hydrogens (tertiary/aromatic N) is 1. The topological polar surface area (TPSA) is 57.8 Å². The maximum atomic E-state index is 12.9. The molecule has 0 aliphatic carbocycles. The highest BCUT2D eigenvalue weighted by molar-refractivity contribution is 5.77. The monoisotopic (exact) mass is 339 g/mol. The van der Waals surface area contributed by atoms with Crippen LogP contribution < -0.4 is 5.32 Å². The molecule has 2 aromatic carbocycles. The lowest BCUT2D eigenvalue weighted by Gasteiger charge is -2.20. The molecular weight excluding hydrogens is 317 g/mol. The average Bonchev–Trinajstić information content (AvgIpc) is 3.02. The number of carbonyl (C=O) groups excluding carboxylic acids is 1. The zero-order valence-electron chi connectivity index (χ0n) is 14.4. The van der Waals surface area contributed by atoms with Crippen molar-refractivity contribution in [1.82, 2.24) is 15.3 Å². The SMILES string of the molecule is CC(C)C(NC(=O)CCc1ccc(F)cc1)c1nc2ccccc2[nH]1. The lowest BCUT2D eigenvalue weighted by molar-refractivity contribution is -0.122. The van der Waals surface area contributed by atoms with Crippen molar-refractivity contribution in [3.05, 3.63) is 65.7 Å². The number of para-hydroxylation sites is 2. The fraction of sp³-hybridized carbons (Fsp3) is 0.300. The molecule has 3 rings (SSSR count). The molecular formula is C20H22FN3O. The predicted octanol–water partition coefficient (Wildman–Crippen LogP) is 4.15. The number of imidazole rings is 1. The highest BCUT2D eigenvalue weighted by atomic mass is 19.1. The second kappa shape index (κ2) is 7.47. The highest BCUT2D eigenvalue weighted by Crippen LogP contribution is 2.22. The summed E-state index contributed by atoms with van der Waals surface area (Å²) in [6.07, 6.45) is 0.937. The van der Waals surface area contributed by atoms with E-state index in [0.717, 1.165) is 22.4 Å². The molecule has 1 aromatic heterocycles. The number of aromatic amines is 1. The highest BCUT2D eigenvalue weighted by Gasteiger charge is 2.21. The molecule has 1 unspecified atom stereocenters. The van der Waals surface area contributed by atoms with Crippen molar-refractivity contribution < 1.29 is 9.18 Å². The molecule has 0 bridgehead atoms. The van der Waals surface area contributed by atoms with Gasteiger partial charge in [-0.3, -0.25) is 4.79 Å². The van der Waals surface area contributed by atoms with Crippen molar-refractivity contribution >= 4 is 16.9 Å². The molecule has 0 radical (unpaired) electrons. The molecule has 3 aromatic rings. The third-order valence-corrected chi connectivity index (χ3v) is 4.24. The summed E-state index contributed by atoms with van der Waals surface area (Å²) in [5, 5.41) is 3.07. The zero-order chi connectivity index (χ0) is 17.8. The standard InChI is InChI=1S/C20H22FN3O/c1-13(2)19(20-22-16-5-3-4-6-17(16)23-20)24-18(25)12-9-14-7-10-15(21)11-8-14/h3-8,10-11,13,19H,9,12H2,1-2H3,(H,22,23)(H,24,25). The normalized spacial score (nSPS) is 12.5. The minimum Gasteiger partial charge on any atom is -0.346 e. The average molecular weight is 339 g/mol. The van der Waals surface area contributed by atoms with Gasteiger partial charge in [0.15, 0.2) is 0 Å². The molecule has 0 spiro atoms. The minimum absolute atomic E-state index is 0.0384. The smallest absolute Gasteiger partial charge is 0.220 e. The van der Waals surface area contributed by atoms with Crippen LogP contribution in [-0.4, -0.2) is 15.9 Å². The first-order valence-electron chi connectivity index (χ1n) is 8.51. The van der Waals surface area contributed by atoms with E-state index in [2.05, 4.69) is 29.1 Å². The van der Waals surface area contributed by atoms with Crippen LogP contribution in [0.3, 0.4) is 0 Å². The van der Waals surface area contributed by atoms with Crippen LogP contribution in [0.1, 0.15) is 37.7 Å². The van der Waals surface area contributed by atoms with Gasteiger partial charge in [-0.1, -0.05) is 38.1 Å². The number of rotatable bonds is 6. The van der Waals surface area contributed by atoms with Gasteiger partial charge < -0.3 is 10.3 Å². The van der Waals surface area contributed by atoms with E-state index in [-0.39, 0.29) is 23.7 Å². The Morgan fingerprint density at radius 1 is 1.16 bits per heavy atom. The van der Waals surface area contributed by atoms with Crippen LogP contribution in [0.2, 0.25) is 0 Å². The number of aromatic nitrogens is 2. The summed E-state index contributed by atoms with van der Waals surface area (Å²) >= 11 is 0. The Labute approximate surface area is 146 Å². The second-order valence-electron chi connectivity index (χ2n) is 6.55. The van der Waals surface area contributed by atoms with E-state index in [1.807, 2.05) is 24.3 Å². The van der Waals surface area contributed by atoms with Crippen LogP contribution in [0, 0.1) is 11.7 Å². The largest absolute Gasteiger partial charge is 0.346 e. The van der Waals surface area contributed by atoms with Gasteiger partial charge in [-0.2, -0.15) is 0 Å². The van der Waals surface area contributed by atoms with Gasteiger partial charge in [0.25, 0.3) is 0 Å². The number of H-pyrrole nitrogens is 1. The Morgan fingerprint density at radius 2 is 1.88 bits per heavy atom. The zero-order valence-corrected chi connectivity index (χ0v) is 14.4. The van der Waals surface area contributed by atoms with E-state index in [9.17, 15) is 9.18 Å². The van der Waals surface area contributed by atoms with Gasteiger partial charge in [-0.25, -0.2) is 9.37 Å². The Kier molecular flexibility index (Phi) is 5.12. The number of amides is 1. The minimum atomic E-state index is -0.266. The summed E-state index contributed by atoms with van der Waals surface area (Å²) in [5.41, 5.74) is 2.80. The second-order valence-corrected chi connectivity index (χ2v) is 6.55. The van der Waals surface area contributed by atoms with E-state index in [1.165, 1.54) is 12.1 Å². The van der Waals surface area contributed by atoms with Crippen molar-refractivity contribution in [1.29, 1.82) is 0 Å². The third-order valence-electron chi connectivity index (χ3n) is 4.24. The molecule has 1 amide bonds. The first kappa shape index (κ1) is 17.1. The molecule has 5 heteroatoms. The van der Waals surface area contributed by atoms with Gasteiger partial charge in [0.1, 0.15) is 11.6 Å². The van der Waals surface area contributed by atoms with Crippen LogP contribution in [0.4, 0.5) is 4.39 Å². The molecule has 0 saturated carbocycles. The van der Waals surface area contributed by atoms with Gasteiger partial charge in [0, 0.05) is 6.42 Å². The molecule has 0 saturated heterocycles. The summed E-state index contributed by atoms with van der Waals surface area (Å²) in [6.45, 7) is 4.11. The van der Waals surface area contributed by atoms with Gasteiger partial charge in [-0.05, 0) is 42.2 Å². The Bertz CT molecular complexity index is 822. The molecule has 1 atom stereocenters. The molecule has 130 valence electrons. The molecule has 4 nitrogen and oxygen atoms in total. The Balaban J connectivity index is 1.66. The van der Waals surface area contributed by atoms with E-state index in [1.54, 1.807) is 12.1 Å². The van der Waals surface area contributed by atoms with Gasteiger partial charge in [-0.15, -0.1) is 0 Å². The van der Waals surface area contributed by atoms with Crippen molar-refractivity contribution in [2.75, 3.05) is 0 Å². The number of carbonyl (C=O) groups is 1. The van der Waals surface area contributed by atoms with Crippen molar-refractivity contribution in [2.24, 2.45) is 5.92 Å². The number of halogens is 1. The van der Waals surface area contributed by atoms with E-state index in [0.29, 0.717) is 12.8 Å². The first-order valence-corrected chi connectivity index (χ1v) is 8.51. The van der Waals surface area contributed by atoms with Gasteiger partial charge >= 0.3 is 0 Å². The van der Waals surface area contributed by atoms with E-state index in [4.69, 9.17) is 0 Å². The van der Waals surface area contributed by atoms with Crippen molar-refractivity contribution in [3.63, 3.8) is 0 Å². The summed E-state index contributed by atoms with van der Waals surface area (Å²) < 4.78 is 12.9. The number of nitrogens with one attached hydrogen (secondary N) is 2. The lowest BCUT2D eigenvalue weighted by atomic mass is 10.0. The Morgan fingerprint density at radius 3 is 2.56 bits per heavy atom. The summed E-state index contributed by atoms with van der Waals surface area (Å²) in [6, 6.07) is 13.9. The van der Waals surface area contributed by atoms with Gasteiger partial charge in [0.2, 0.25) is 5.91 Å². The van der Waals surface area contributed by atoms with Crippen LogP contribution in [0.5, 0.6) is 0 Å². The quantitative estimate of drug-likeness (QED) is 0.709. The van der Waals surface area contributed by atoms with Crippen LogP contribution in [0.15, 0.2) is 48.5 Å². The molecule has 0 aliphatic heterocycles. The molecule has 0 fully saturated rings. The summed E-state index contributed by atoms with van der Waals surface area (Å²) in [7, 11) is 0. The molecule has 2 N–H and O–H groups in total. The maximum absolute atomic E-state index is 12.9. The predicted molar refractivity (Wildman–Crippen MR) is 96.5 cm³/mol. The third kappa shape index (κ3) is 4.24. The molecule has 1 heterocycles. The number of aryl methyl sites for hydroxylation is 1. The van der Waals surface area contributed by atoms with Gasteiger partial charge in [0.05, 0.1) is 17.1 Å². The van der Waals surface area contributed by atoms with Crippen LogP contribution >= 0.6 is 0 Å². The first-order chi connectivity index (χ1) is 12.0.